The first kappa shape index (κ1) is 11.3. The first-order chi connectivity index (χ1) is 7.19. The van der Waals surface area contributed by atoms with Crippen molar-refractivity contribution in [3.63, 3.8) is 0 Å². The van der Waals surface area contributed by atoms with Gasteiger partial charge in [-0.05, 0) is 12.1 Å². The van der Waals surface area contributed by atoms with Crippen LogP contribution in [0.1, 0.15) is 15.9 Å². The summed E-state index contributed by atoms with van der Waals surface area (Å²) < 4.78 is 5.04. The smallest absolute Gasteiger partial charge is 0.335 e. The number of ether oxygens (including phenoxy) is 1. The fourth-order valence-electron chi connectivity index (χ4n) is 1.16. The van der Waals surface area contributed by atoms with Crippen molar-refractivity contribution in [3.8, 4) is 5.75 Å². The van der Waals surface area contributed by atoms with Gasteiger partial charge in [0.1, 0.15) is 5.75 Å². The summed E-state index contributed by atoms with van der Waals surface area (Å²) in [6.45, 7) is -0.0656. The van der Waals surface area contributed by atoms with Gasteiger partial charge in [0, 0.05) is 5.56 Å². The third-order valence-corrected chi connectivity index (χ3v) is 1.88. The molecular weight excluding hydrogens is 196 g/mol. The number of aliphatic hydroxyl groups excluding tert-OH is 1. The fourth-order valence-corrected chi connectivity index (χ4v) is 1.16. The molecule has 80 valence electrons. The highest BCUT2D eigenvalue weighted by atomic mass is 16.5. The molecule has 4 heteroatoms. The molecule has 0 aromatic heterocycles. The van der Waals surface area contributed by atoms with E-state index in [1.54, 1.807) is 18.2 Å². The zero-order chi connectivity index (χ0) is 11.3. The number of benzene rings is 1. The van der Waals surface area contributed by atoms with Gasteiger partial charge >= 0.3 is 5.97 Å². The number of methoxy groups -OCH3 is 1. The third-order valence-electron chi connectivity index (χ3n) is 1.88. The van der Waals surface area contributed by atoms with Gasteiger partial charge in [-0.15, -0.1) is 0 Å². The van der Waals surface area contributed by atoms with Crippen molar-refractivity contribution in [2.24, 2.45) is 0 Å². The van der Waals surface area contributed by atoms with E-state index in [0.29, 0.717) is 5.75 Å². The van der Waals surface area contributed by atoms with E-state index in [1.165, 1.54) is 19.2 Å². The number of aliphatic hydroxyl groups is 1. The molecule has 0 bridgehead atoms. The number of aromatic carboxylic acids is 1. The molecular formula is C11H12O4. The summed E-state index contributed by atoms with van der Waals surface area (Å²) in [5.74, 6) is -0.523. The van der Waals surface area contributed by atoms with Gasteiger partial charge in [-0.2, -0.15) is 0 Å². The summed E-state index contributed by atoms with van der Waals surface area (Å²) in [5, 5.41) is 17.4. The predicted molar refractivity (Wildman–Crippen MR) is 56.1 cm³/mol. The number of carbonyl (C=O) groups is 1. The van der Waals surface area contributed by atoms with Crippen LogP contribution in [-0.2, 0) is 0 Å². The zero-order valence-corrected chi connectivity index (χ0v) is 8.30. The predicted octanol–water partition coefficient (Wildman–Crippen LogP) is 1.40. The Balaban J connectivity index is 3.09. The fraction of sp³-hybridized carbons (Fsp3) is 0.182. The normalized spacial score (nSPS) is 10.5. The molecule has 4 nitrogen and oxygen atoms in total. The Morgan fingerprint density at radius 1 is 1.53 bits per heavy atom. The molecule has 1 aromatic rings. The van der Waals surface area contributed by atoms with Gasteiger partial charge in [-0.1, -0.05) is 18.2 Å². The molecule has 15 heavy (non-hydrogen) atoms. The molecule has 0 saturated heterocycles. The maximum atomic E-state index is 10.7. The second kappa shape index (κ2) is 5.17. The minimum absolute atomic E-state index is 0.0656. The number of hydrogen-bond donors (Lipinski definition) is 2. The van der Waals surface area contributed by atoms with Gasteiger partial charge in [-0.25, -0.2) is 4.79 Å². The Kier molecular flexibility index (Phi) is 3.88. The standard InChI is InChI=1S/C11H12O4/c1-15-10-7-9(11(13)14)5-4-8(10)3-2-6-12/h2-5,7,12H,6H2,1H3,(H,13,14). The van der Waals surface area contributed by atoms with Crippen molar-refractivity contribution in [1.82, 2.24) is 0 Å². The second-order valence-electron chi connectivity index (χ2n) is 2.85. The highest BCUT2D eigenvalue weighted by Crippen LogP contribution is 2.21. The third kappa shape index (κ3) is 2.82. The van der Waals surface area contributed by atoms with E-state index >= 15 is 0 Å². The van der Waals surface area contributed by atoms with E-state index in [0.717, 1.165) is 5.56 Å². The summed E-state index contributed by atoms with van der Waals surface area (Å²) in [7, 11) is 1.47. The Hall–Kier alpha value is -1.81. The lowest BCUT2D eigenvalue weighted by Gasteiger charge is -2.05. The van der Waals surface area contributed by atoms with Crippen molar-refractivity contribution in [2.75, 3.05) is 13.7 Å². The first-order valence-electron chi connectivity index (χ1n) is 4.37. The average molecular weight is 208 g/mol. The van der Waals surface area contributed by atoms with Gasteiger partial charge in [-0.3, -0.25) is 0 Å². The second-order valence-corrected chi connectivity index (χ2v) is 2.85. The van der Waals surface area contributed by atoms with Crippen LogP contribution in [0.4, 0.5) is 0 Å². The average Bonchev–Trinajstić information content (AvgIpc) is 2.25. The molecule has 0 aliphatic heterocycles. The van der Waals surface area contributed by atoms with Crippen molar-refractivity contribution < 1.29 is 19.7 Å². The van der Waals surface area contributed by atoms with Gasteiger partial charge in [0.15, 0.2) is 0 Å². The minimum Gasteiger partial charge on any atom is -0.496 e. The lowest BCUT2D eigenvalue weighted by atomic mass is 10.1. The molecule has 0 radical (unpaired) electrons. The minimum atomic E-state index is -0.994. The van der Waals surface area contributed by atoms with Gasteiger partial charge in [0.25, 0.3) is 0 Å². The van der Waals surface area contributed by atoms with Gasteiger partial charge < -0.3 is 14.9 Å². The lowest BCUT2D eigenvalue weighted by molar-refractivity contribution is 0.0696. The molecule has 0 fully saturated rings. The molecule has 1 aromatic carbocycles. The van der Waals surface area contributed by atoms with Crippen molar-refractivity contribution in [3.05, 3.63) is 35.4 Å². The molecule has 0 unspecified atom stereocenters. The maximum Gasteiger partial charge on any atom is 0.335 e. The Labute approximate surface area is 87.4 Å². The van der Waals surface area contributed by atoms with E-state index in [-0.39, 0.29) is 12.2 Å². The first-order valence-corrected chi connectivity index (χ1v) is 4.37. The number of hydrogen-bond acceptors (Lipinski definition) is 3. The SMILES string of the molecule is COc1cc(C(=O)O)ccc1C=CCO. The summed E-state index contributed by atoms with van der Waals surface area (Å²) >= 11 is 0. The molecule has 0 aliphatic rings. The molecule has 0 spiro atoms. The van der Waals surface area contributed by atoms with Gasteiger partial charge in [0.05, 0.1) is 19.3 Å². The quantitative estimate of drug-likeness (QED) is 0.784. The monoisotopic (exact) mass is 208 g/mol. The van der Waals surface area contributed by atoms with E-state index in [2.05, 4.69) is 0 Å². The topological polar surface area (TPSA) is 66.8 Å². The van der Waals surface area contributed by atoms with Crippen molar-refractivity contribution in [1.29, 1.82) is 0 Å². The van der Waals surface area contributed by atoms with E-state index in [9.17, 15) is 4.79 Å². The van der Waals surface area contributed by atoms with E-state index in [1.807, 2.05) is 0 Å². The van der Waals surface area contributed by atoms with Crippen LogP contribution >= 0.6 is 0 Å². The van der Waals surface area contributed by atoms with Crippen LogP contribution in [0, 0.1) is 0 Å². The molecule has 2 N–H and O–H groups in total. The molecule has 1 rings (SSSR count). The summed E-state index contributed by atoms with van der Waals surface area (Å²) in [6.07, 6.45) is 3.22. The maximum absolute atomic E-state index is 10.7. The number of carboxylic acids is 1. The number of rotatable bonds is 4. The molecule has 0 amide bonds. The number of carboxylic acid groups (broad SMARTS) is 1. The Morgan fingerprint density at radius 3 is 2.80 bits per heavy atom. The Bertz CT molecular complexity index is 382. The molecule has 0 aliphatic carbocycles. The van der Waals surface area contributed by atoms with Gasteiger partial charge in [0.2, 0.25) is 0 Å². The van der Waals surface area contributed by atoms with E-state index < -0.39 is 5.97 Å². The molecule has 0 atom stereocenters. The largest absolute Gasteiger partial charge is 0.496 e. The van der Waals surface area contributed by atoms with Crippen molar-refractivity contribution in [2.45, 2.75) is 0 Å². The lowest BCUT2D eigenvalue weighted by Crippen LogP contribution is -1.97. The molecule has 0 saturated carbocycles. The highest BCUT2D eigenvalue weighted by molar-refractivity contribution is 5.88. The molecule has 0 heterocycles. The summed E-state index contributed by atoms with van der Waals surface area (Å²) in [5.41, 5.74) is 0.907. The van der Waals surface area contributed by atoms with Crippen LogP contribution in [0.15, 0.2) is 24.3 Å². The van der Waals surface area contributed by atoms with Crippen LogP contribution in [0.3, 0.4) is 0 Å². The van der Waals surface area contributed by atoms with Crippen molar-refractivity contribution >= 4 is 12.0 Å². The Morgan fingerprint density at radius 2 is 2.27 bits per heavy atom. The summed E-state index contributed by atoms with van der Waals surface area (Å²) in [6, 6.07) is 4.57. The summed E-state index contributed by atoms with van der Waals surface area (Å²) in [4.78, 5) is 10.7. The van der Waals surface area contributed by atoms with Crippen LogP contribution < -0.4 is 4.74 Å². The van der Waals surface area contributed by atoms with Crippen LogP contribution in [-0.4, -0.2) is 29.9 Å². The van der Waals surface area contributed by atoms with Crippen LogP contribution in [0.5, 0.6) is 5.75 Å². The van der Waals surface area contributed by atoms with Crippen LogP contribution in [0.25, 0.3) is 6.08 Å². The van der Waals surface area contributed by atoms with E-state index in [4.69, 9.17) is 14.9 Å². The zero-order valence-electron chi connectivity index (χ0n) is 8.30. The highest BCUT2D eigenvalue weighted by Gasteiger charge is 2.06. The van der Waals surface area contributed by atoms with Crippen LogP contribution in [0.2, 0.25) is 0 Å².